The molecule has 1 aromatic heterocycles. The zero-order chi connectivity index (χ0) is 13.2. The molecule has 2 N–H and O–H groups in total. The van der Waals surface area contributed by atoms with Crippen molar-refractivity contribution in [1.29, 1.82) is 0 Å². The highest BCUT2D eigenvalue weighted by Gasteiger charge is 2.20. The molecular weight excluding hydrogens is 260 g/mol. The molecule has 2 aromatic rings. The number of hydrogen-bond acceptors (Lipinski definition) is 3. The van der Waals surface area contributed by atoms with Crippen LogP contribution in [-0.4, -0.2) is 26.5 Å². The van der Waals surface area contributed by atoms with Gasteiger partial charge in [-0.1, -0.05) is 24.6 Å². The summed E-state index contributed by atoms with van der Waals surface area (Å²) in [5.41, 5.74) is 1.82. The summed E-state index contributed by atoms with van der Waals surface area (Å²) in [7, 11) is 0. The highest BCUT2D eigenvalue weighted by Crippen LogP contribution is 2.40. The van der Waals surface area contributed by atoms with Crippen molar-refractivity contribution in [3.05, 3.63) is 36.0 Å². The van der Waals surface area contributed by atoms with Gasteiger partial charge >= 0.3 is 5.97 Å². The number of hydrogen-bond donors (Lipinski definition) is 2. The Bertz CT molecular complexity index is 605. The summed E-state index contributed by atoms with van der Waals surface area (Å²) in [6.07, 6.45) is 3.84. The highest BCUT2D eigenvalue weighted by atomic mass is 32.2. The second kappa shape index (κ2) is 5.09. The zero-order valence-corrected chi connectivity index (χ0v) is 11.1. The summed E-state index contributed by atoms with van der Waals surface area (Å²) in [6, 6.07) is 9.61. The minimum absolute atomic E-state index is 0.124. The molecule has 4 nitrogen and oxygen atoms in total. The molecule has 5 heteroatoms. The number of carboxylic acid groups (broad SMARTS) is 1. The van der Waals surface area contributed by atoms with E-state index in [-0.39, 0.29) is 5.69 Å². The molecule has 0 spiro atoms. The van der Waals surface area contributed by atoms with Gasteiger partial charge in [0.25, 0.3) is 0 Å². The van der Waals surface area contributed by atoms with E-state index >= 15 is 0 Å². The van der Waals surface area contributed by atoms with Gasteiger partial charge in [-0.3, -0.25) is 5.10 Å². The van der Waals surface area contributed by atoms with Gasteiger partial charge in [0.1, 0.15) is 5.69 Å². The summed E-state index contributed by atoms with van der Waals surface area (Å²) in [6.45, 7) is 0. The molecule has 0 radical (unpaired) electrons. The van der Waals surface area contributed by atoms with Crippen molar-refractivity contribution in [3.63, 3.8) is 0 Å². The van der Waals surface area contributed by atoms with Gasteiger partial charge < -0.3 is 5.11 Å². The molecule has 0 atom stereocenters. The van der Waals surface area contributed by atoms with E-state index in [4.69, 9.17) is 5.11 Å². The van der Waals surface area contributed by atoms with Crippen LogP contribution in [0.1, 0.15) is 29.8 Å². The minimum atomic E-state index is -0.983. The van der Waals surface area contributed by atoms with Crippen molar-refractivity contribution in [3.8, 4) is 11.3 Å². The van der Waals surface area contributed by atoms with Crippen LogP contribution in [0.15, 0.2) is 35.2 Å². The lowest BCUT2D eigenvalue weighted by atomic mass is 10.00. The van der Waals surface area contributed by atoms with Crippen molar-refractivity contribution in [2.75, 3.05) is 0 Å². The molecule has 0 unspecified atom stereocenters. The maximum atomic E-state index is 10.9. The van der Waals surface area contributed by atoms with E-state index < -0.39 is 5.97 Å². The third-order valence-electron chi connectivity index (χ3n) is 3.32. The van der Waals surface area contributed by atoms with E-state index in [0.717, 1.165) is 5.56 Å². The fourth-order valence-electron chi connectivity index (χ4n) is 2.02. The molecule has 0 saturated heterocycles. The normalized spacial score (nSPS) is 15.2. The molecule has 1 aliphatic rings. The summed E-state index contributed by atoms with van der Waals surface area (Å²) in [5, 5.41) is 16.3. The number of nitrogens with zero attached hydrogens (tertiary/aromatic N) is 1. The molecule has 0 bridgehead atoms. The van der Waals surface area contributed by atoms with Gasteiger partial charge in [0.15, 0.2) is 0 Å². The van der Waals surface area contributed by atoms with Crippen LogP contribution in [0, 0.1) is 0 Å². The molecule has 1 aliphatic carbocycles. The first-order valence-electron chi connectivity index (χ1n) is 6.29. The molecule has 1 fully saturated rings. The molecule has 0 aliphatic heterocycles. The quantitative estimate of drug-likeness (QED) is 0.896. The SMILES string of the molecule is O=C(O)c1cc(-c2ccccc2SC2CCC2)n[nH]1. The average Bonchev–Trinajstić information content (AvgIpc) is 2.84. The molecule has 1 aromatic carbocycles. The maximum absolute atomic E-state index is 10.9. The number of carboxylic acids is 1. The minimum Gasteiger partial charge on any atom is -0.477 e. The molecule has 1 heterocycles. The first kappa shape index (κ1) is 12.3. The predicted molar refractivity (Wildman–Crippen MR) is 74.5 cm³/mol. The number of H-pyrrole nitrogens is 1. The smallest absolute Gasteiger partial charge is 0.353 e. The first-order chi connectivity index (χ1) is 9.24. The second-order valence-corrected chi connectivity index (χ2v) is 5.98. The standard InChI is InChI=1S/C14H14N2O2S/c17-14(18)12-8-11(15-16-12)10-6-1-2-7-13(10)19-9-4-3-5-9/h1-2,6-9H,3-5H2,(H,15,16)(H,17,18). The summed E-state index contributed by atoms with van der Waals surface area (Å²) >= 11 is 1.87. The topological polar surface area (TPSA) is 66.0 Å². The zero-order valence-electron chi connectivity index (χ0n) is 10.3. The largest absolute Gasteiger partial charge is 0.477 e. The number of carbonyl (C=O) groups is 1. The molecule has 19 heavy (non-hydrogen) atoms. The van der Waals surface area contributed by atoms with Gasteiger partial charge in [-0.15, -0.1) is 11.8 Å². The number of aromatic nitrogens is 2. The van der Waals surface area contributed by atoms with Crippen LogP contribution in [0.5, 0.6) is 0 Å². The third-order valence-corrected chi connectivity index (χ3v) is 4.73. The third kappa shape index (κ3) is 2.51. The molecule has 1 saturated carbocycles. The van der Waals surface area contributed by atoms with Crippen LogP contribution >= 0.6 is 11.8 Å². The molecule has 98 valence electrons. The Labute approximate surface area is 115 Å². The number of benzene rings is 1. The molecule has 3 rings (SSSR count). The predicted octanol–water partition coefficient (Wildman–Crippen LogP) is 3.42. The summed E-state index contributed by atoms with van der Waals surface area (Å²) < 4.78 is 0. The Morgan fingerprint density at radius 1 is 1.37 bits per heavy atom. The Morgan fingerprint density at radius 2 is 2.16 bits per heavy atom. The lowest BCUT2D eigenvalue weighted by Crippen LogP contribution is -2.12. The van der Waals surface area contributed by atoms with E-state index in [0.29, 0.717) is 10.9 Å². The van der Waals surface area contributed by atoms with Crippen molar-refractivity contribution in [1.82, 2.24) is 10.2 Å². The Balaban J connectivity index is 1.91. The highest BCUT2D eigenvalue weighted by molar-refractivity contribution is 8.00. The van der Waals surface area contributed by atoms with Crippen molar-refractivity contribution in [2.45, 2.75) is 29.4 Å². The van der Waals surface area contributed by atoms with E-state index in [1.54, 1.807) is 6.07 Å². The van der Waals surface area contributed by atoms with Crippen LogP contribution in [0.2, 0.25) is 0 Å². The van der Waals surface area contributed by atoms with E-state index in [9.17, 15) is 4.79 Å². The summed E-state index contributed by atoms with van der Waals surface area (Å²) in [4.78, 5) is 12.1. The lowest BCUT2D eigenvalue weighted by Gasteiger charge is -2.25. The Kier molecular flexibility index (Phi) is 3.29. The van der Waals surface area contributed by atoms with Gasteiger partial charge in [0.2, 0.25) is 0 Å². The Morgan fingerprint density at radius 3 is 2.79 bits per heavy atom. The van der Waals surface area contributed by atoms with Crippen LogP contribution in [0.25, 0.3) is 11.3 Å². The number of rotatable bonds is 4. The van der Waals surface area contributed by atoms with Crippen molar-refractivity contribution >= 4 is 17.7 Å². The van der Waals surface area contributed by atoms with Gasteiger partial charge in [0, 0.05) is 15.7 Å². The molecule has 0 amide bonds. The van der Waals surface area contributed by atoms with Gasteiger partial charge in [-0.25, -0.2) is 4.79 Å². The van der Waals surface area contributed by atoms with Crippen LogP contribution in [-0.2, 0) is 0 Å². The summed E-state index contributed by atoms with van der Waals surface area (Å²) in [5.74, 6) is -0.983. The van der Waals surface area contributed by atoms with Gasteiger partial charge in [-0.2, -0.15) is 5.10 Å². The van der Waals surface area contributed by atoms with Gasteiger partial charge in [0.05, 0.1) is 5.69 Å². The Hall–Kier alpha value is -1.75. The number of aromatic amines is 1. The van der Waals surface area contributed by atoms with Crippen LogP contribution < -0.4 is 0 Å². The van der Waals surface area contributed by atoms with Crippen molar-refractivity contribution < 1.29 is 9.90 Å². The fourth-order valence-corrected chi connectivity index (χ4v) is 3.40. The average molecular weight is 274 g/mol. The molecular formula is C14H14N2O2S. The monoisotopic (exact) mass is 274 g/mol. The number of thioether (sulfide) groups is 1. The van der Waals surface area contributed by atoms with Gasteiger partial charge in [-0.05, 0) is 25.0 Å². The maximum Gasteiger partial charge on any atom is 0.353 e. The van der Waals surface area contributed by atoms with Crippen LogP contribution in [0.4, 0.5) is 0 Å². The van der Waals surface area contributed by atoms with E-state index in [1.165, 1.54) is 24.2 Å². The van der Waals surface area contributed by atoms with Crippen molar-refractivity contribution in [2.24, 2.45) is 0 Å². The first-order valence-corrected chi connectivity index (χ1v) is 7.17. The fraction of sp³-hybridized carbons (Fsp3) is 0.286. The van der Waals surface area contributed by atoms with E-state index in [2.05, 4.69) is 16.3 Å². The van der Waals surface area contributed by atoms with E-state index in [1.807, 2.05) is 30.0 Å². The second-order valence-electron chi connectivity index (χ2n) is 4.64. The number of nitrogens with one attached hydrogen (secondary N) is 1. The lowest BCUT2D eigenvalue weighted by molar-refractivity contribution is 0.0690. The number of aromatic carboxylic acids is 1. The van der Waals surface area contributed by atoms with Crippen LogP contribution in [0.3, 0.4) is 0 Å².